The number of amides is 4. The Bertz CT molecular complexity index is 631. The molecule has 162 valence electrons. The number of carbonyl (C=O) groups is 5. The van der Waals surface area contributed by atoms with Crippen LogP contribution in [0.25, 0.3) is 0 Å². The van der Waals surface area contributed by atoms with Gasteiger partial charge in [-0.1, -0.05) is 0 Å². The van der Waals surface area contributed by atoms with Gasteiger partial charge in [0.15, 0.2) is 0 Å². The van der Waals surface area contributed by atoms with Crippen molar-refractivity contribution in [2.24, 2.45) is 0 Å². The highest BCUT2D eigenvalue weighted by Gasteiger charge is 2.32. The van der Waals surface area contributed by atoms with Gasteiger partial charge in [-0.2, -0.15) is 0 Å². The van der Waals surface area contributed by atoms with Crippen molar-refractivity contribution in [2.45, 2.75) is 25.7 Å². The van der Waals surface area contributed by atoms with Gasteiger partial charge in [0.2, 0.25) is 11.8 Å². The molecule has 0 aromatic rings. The van der Waals surface area contributed by atoms with Crippen molar-refractivity contribution in [3.63, 3.8) is 0 Å². The molecule has 0 aromatic heterocycles. The van der Waals surface area contributed by atoms with Crippen LogP contribution in [0.5, 0.6) is 0 Å². The second-order valence-corrected chi connectivity index (χ2v) is 7.29. The van der Waals surface area contributed by atoms with E-state index in [0.29, 0.717) is 24.7 Å². The van der Waals surface area contributed by atoms with Gasteiger partial charge in [0.25, 0.3) is 11.8 Å². The Kier molecular flexibility index (Phi) is 8.52. The molecule has 4 amide bonds. The van der Waals surface area contributed by atoms with Gasteiger partial charge in [0.05, 0.1) is 13.0 Å². The monoisotopic (exact) mass is 419 g/mol. The fourth-order valence-corrected chi connectivity index (χ4v) is 2.96. The molecule has 0 aromatic carbocycles. The molecule has 0 atom stereocenters. The third-order valence-electron chi connectivity index (χ3n) is 4.90. The van der Waals surface area contributed by atoms with E-state index in [4.69, 9.17) is 4.84 Å². The largest absolute Gasteiger partial charge is 0.353 e. The molecule has 29 heavy (non-hydrogen) atoms. The standard InChI is InChI=1S/C18H29N5O6/c1-20-9-11-22(12-10-20)13-14(24)19-7-8-21(2)15(25)5-6-18(28)29-23-16(26)3-4-17(23)27/h3-13H2,1-2H3,(H,19,24)/i5+1,6+1,7+1,14+1,15+1,18+1,19+1,22+1. The van der Waals surface area contributed by atoms with Gasteiger partial charge in [-0.3, -0.25) is 24.1 Å². The van der Waals surface area contributed by atoms with Crippen LogP contribution >= 0.6 is 0 Å². The van der Waals surface area contributed by atoms with Gasteiger partial charge >= 0.3 is 5.97 Å². The molecule has 2 saturated heterocycles. The molecule has 0 unspecified atom stereocenters. The Morgan fingerprint density at radius 3 is 2.28 bits per heavy atom. The number of nitrogens with one attached hydrogen (secondary N) is 1. The van der Waals surface area contributed by atoms with Gasteiger partial charge in [-0.15, -0.1) is 5.06 Å². The quantitative estimate of drug-likeness (QED) is 0.264. The summed E-state index contributed by atoms with van der Waals surface area (Å²) < 4.78 is 0. The maximum Gasteiger partial charge on any atom is 0.333 e. The van der Waals surface area contributed by atoms with Crippen LogP contribution < -0.4 is 5.32 Å². The minimum atomic E-state index is -0.809. The number of piperazine rings is 1. The number of likely N-dealkylation sites (N-methyl/N-ethyl adjacent to an activating group) is 2. The number of hydrogen-bond acceptors (Lipinski definition) is 8. The highest BCUT2D eigenvalue weighted by molar-refractivity contribution is 6.01. The Morgan fingerprint density at radius 2 is 1.66 bits per heavy atom. The molecule has 2 aliphatic rings. The molecule has 0 spiro atoms. The van der Waals surface area contributed by atoms with Crippen LogP contribution in [0.2, 0.25) is 0 Å². The topological polar surface area (TPSA) is 120 Å². The van der Waals surface area contributed by atoms with Crippen molar-refractivity contribution in [1.82, 2.24) is 25.1 Å². The predicted octanol–water partition coefficient (Wildman–Crippen LogP) is -1.80. The molecule has 0 aliphatic carbocycles. The van der Waals surface area contributed by atoms with Crippen LogP contribution in [-0.2, 0) is 28.8 Å². The van der Waals surface area contributed by atoms with E-state index in [1.807, 2.05) is 0 Å². The number of carbonyl (C=O) groups excluding carboxylic acids is 5. The molecule has 0 saturated carbocycles. The van der Waals surface area contributed by atoms with Crippen LogP contribution in [0.4, 0.5) is 0 Å². The van der Waals surface area contributed by atoms with Crippen LogP contribution in [-0.4, -0.2) is 109 Å². The van der Waals surface area contributed by atoms with Crippen molar-refractivity contribution < 1.29 is 28.8 Å². The van der Waals surface area contributed by atoms with Crippen molar-refractivity contribution in [3.8, 4) is 0 Å². The maximum atomic E-state index is 12.1. The van der Waals surface area contributed by atoms with Crippen molar-refractivity contribution in [3.05, 3.63) is 0 Å². The van der Waals surface area contributed by atoms with E-state index in [9.17, 15) is 24.0 Å². The number of rotatable bonds is 9. The Hall–Kier alpha value is -2.53. The lowest BCUT2D eigenvalue weighted by molar-refractivity contribution is -0.197. The summed E-state index contributed by atoms with van der Waals surface area (Å²) in [6.45, 7) is 4.55. The van der Waals surface area contributed by atoms with E-state index in [-0.39, 0.29) is 37.5 Å². The fraction of sp³-hybridized carbons (Fsp3) is 0.722. The zero-order valence-electron chi connectivity index (χ0n) is 17.0. The highest BCUT2D eigenvalue weighted by Crippen LogP contribution is 2.13. The average Bonchev–Trinajstić information content (AvgIpc) is 2.99. The summed E-state index contributed by atoms with van der Waals surface area (Å²) in [5.74, 6) is -2.30. The maximum absolute atomic E-state index is 12.1. The van der Waals surface area contributed by atoms with Gasteiger partial charge in [0, 0.05) is 65.6 Å². The van der Waals surface area contributed by atoms with Gasteiger partial charge in [0.1, 0.15) is 0 Å². The van der Waals surface area contributed by atoms with Crippen LogP contribution in [0.15, 0.2) is 0 Å². The first-order valence-corrected chi connectivity index (χ1v) is 9.74. The van der Waals surface area contributed by atoms with Gasteiger partial charge in [-0.25, -0.2) is 4.79 Å². The van der Waals surface area contributed by atoms with E-state index in [2.05, 4.69) is 22.2 Å². The first kappa shape index (κ1) is 22.8. The van der Waals surface area contributed by atoms with Crippen LogP contribution in [0.3, 0.4) is 0 Å². The molecule has 0 bridgehead atoms. The molecule has 1 N–H and O–H groups in total. The summed E-state index contributed by atoms with van der Waals surface area (Å²) in [7, 11) is 3.63. The Morgan fingerprint density at radius 1 is 1.03 bits per heavy atom. The smallest absolute Gasteiger partial charge is 0.333 e. The first-order valence-electron chi connectivity index (χ1n) is 9.74. The minimum Gasteiger partial charge on any atom is -0.353 e. The molecule has 2 aliphatic heterocycles. The zero-order valence-corrected chi connectivity index (χ0v) is 17.0. The number of hydrogen-bond donors (Lipinski definition) is 1. The minimum absolute atomic E-state index is 0.0221. The second-order valence-electron chi connectivity index (χ2n) is 7.29. The lowest BCUT2D eigenvalue weighted by Gasteiger charge is -2.31. The Balaban J connectivity index is 1.58. The number of hydroxylamine groups is 2. The van der Waals surface area contributed by atoms with E-state index in [0.717, 1.165) is 26.2 Å². The third kappa shape index (κ3) is 7.42. The summed E-state index contributed by atoms with van der Waals surface area (Å²) in [6, 6.07) is 0. The molecular formula is C18H29N5O6. The zero-order chi connectivity index (χ0) is 21.4. The Labute approximate surface area is 169 Å². The van der Waals surface area contributed by atoms with Crippen molar-refractivity contribution >= 4 is 29.6 Å². The molecule has 0 radical (unpaired) electrons. The molecule has 11 nitrogen and oxygen atoms in total. The van der Waals surface area contributed by atoms with E-state index >= 15 is 0 Å². The van der Waals surface area contributed by atoms with Crippen LogP contribution in [0, 0.1) is 0 Å². The summed E-state index contributed by atoms with van der Waals surface area (Å²) >= 11 is 0. The summed E-state index contributed by atoms with van der Waals surface area (Å²) in [4.78, 5) is 69.0. The number of imide groups is 1. The van der Waals surface area contributed by atoms with Crippen molar-refractivity contribution in [2.75, 3.05) is 59.9 Å². The lowest BCUT2D eigenvalue weighted by Crippen LogP contribution is -2.48. The van der Waals surface area contributed by atoms with E-state index < -0.39 is 17.8 Å². The van der Waals surface area contributed by atoms with Gasteiger partial charge < -0.3 is 20.0 Å². The lowest BCUT2D eigenvalue weighted by atomic mass is 10.4. The fourth-order valence-electron chi connectivity index (χ4n) is 2.96. The SMILES string of the molecule is CN1CC[15N](C[13C](=O)[15NH][13CH2]CN(C)[13C](=O)[13CH2][13CH2][13C](=O)ON2C(=O)CCC2=O)CC1. The normalized spacial score (nSPS) is 18.1. The third-order valence-corrected chi connectivity index (χ3v) is 4.90. The average molecular weight is 419 g/mol. The molecule has 2 fully saturated rings. The van der Waals surface area contributed by atoms with E-state index in [1.54, 1.807) is 7.05 Å². The van der Waals surface area contributed by atoms with Crippen LogP contribution in [0.1, 0.15) is 25.7 Å². The molecule has 11 heteroatoms. The molecule has 2 rings (SSSR count). The highest BCUT2D eigenvalue weighted by atomic mass is 16.8. The van der Waals surface area contributed by atoms with E-state index in [1.165, 1.54) is 4.90 Å². The number of nitrogens with zero attached hydrogens (tertiary/aromatic N) is 4. The molecular weight excluding hydrogens is 390 g/mol. The summed E-state index contributed by atoms with van der Waals surface area (Å²) in [5.41, 5.74) is 0. The first-order chi connectivity index (χ1) is 13.8. The van der Waals surface area contributed by atoms with Crippen molar-refractivity contribution in [1.29, 1.82) is 0 Å². The summed E-state index contributed by atoms with van der Waals surface area (Å²) in [5, 5.41) is 3.25. The summed E-state index contributed by atoms with van der Waals surface area (Å²) in [6.07, 6.45) is -0.306. The van der Waals surface area contributed by atoms with Gasteiger partial charge in [-0.05, 0) is 7.05 Å². The molecule has 2 heterocycles. The second kappa shape index (κ2) is 10.9. The predicted molar refractivity (Wildman–Crippen MR) is 101 cm³/mol.